The fourth-order valence-corrected chi connectivity index (χ4v) is 4.70. The quantitative estimate of drug-likeness (QED) is 0.355. The van der Waals surface area contributed by atoms with E-state index in [9.17, 15) is 4.79 Å². The fraction of sp³-hybridized carbons (Fsp3) is 0.684. The van der Waals surface area contributed by atoms with Crippen molar-refractivity contribution in [2.45, 2.75) is 71.6 Å². The van der Waals surface area contributed by atoms with E-state index in [1.54, 1.807) is 11.3 Å². The highest BCUT2D eigenvalue weighted by molar-refractivity contribution is 7.80. The molecule has 6 heteroatoms. The number of fused-ring (bicyclic) bond motifs is 1. The highest BCUT2D eigenvalue weighted by atomic mass is 32.1. The van der Waals surface area contributed by atoms with E-state index in [1.165, 1.54) is 42.5 Å². The molecular weight excluding hydrogens is 352 g/mol. The number of carbonyl (C=O) groups excluding carboxylic acids is 1. The second-order valence-corrected chi connectivity index (χ2v) is 7.94. The molecule has 0 spiro atoms. The van der Waals surface area contributed by atoms with Crippen LogP contribution in [-0.2, 0) is 17.6 Å². The van der Waals surface area contributed by atoms with Crippen molar-refractivity contribution >= 4 is 39.6 Å². The summed E-state index contributed by atoms with van der Waals surface area (Å²) in [6.07, 6.45) is 10.5. The van der Waals surface area contributed by atoms with Gasteiger partial charge in [-0.15, -0.1) is 11.3 Å². The Morgan fingerprint density at radius 2 is 1.92 bits per heavy atom. The molecule has 0 fully saturated rings. The van der Waals surface area contributed by atoms with Gasteiger partial charge in [0.1, 0.15) is 5.00 Å². The van der Waals surface area contributed by atoms with Gasteiger partial charge in [-0.25, -0.2) is 4.79 Å². The molecule has 2 N–H and O–H groups in total. The van der Waals surface area contributed by atoms with Gasteiger partial charge in [-0.05, 0) is 56.8 Å². The zero-order chi connectivity index (χ0) is 18.1. The molecular formula is C19H30N2O2S2. The Hall–Kier alpha value is -1.14. The molecule has 0 unspecified atom stereocenters. The predicted octanol–water partition coefficient (Wildman–Crippen LogP) is 5.06. The molecule has 0 atom stereocenters. The highest BCUT2D eigenvalue weighted by Gasteiger charge is 2.26. The first-order chi connectivity index (χ1) is 12.2. The average molecular weight is 383 g/mol. The molecule has 1 aliphatic carbocycles. The lowest BCUT2D eigenvalue weighted by atomic mass is 9.95. The first kappa shape index (κ1) is 20.2. The summed E-state index contributed by atoms with van der Waals surface area (Å²) in [6, 6.07) is 0. The lowest BCUT2D eigenvalue weighted by Gasteiger charge is -2.13. The minimum absolute atomic E-state index is 0.230. The van der Waals surface area contributed by atoms with E-state index in [-0.39, 0.29) is 5.97 Å². The first-order valence-corrected chi connectivity index (χ1v) is 10.8. The van der Waals surface area contributed by atoms with Crippen molar-refractivity contribution in [1.82, 2.24) is 5.32 Å². The summed E-state index contributed by atoms with van der Waals surface area (Å²) in [5.41, 5.74) is 1.87. The first-order valence-electron chi connectivity index (χ1n) is 9.53. The zero-order valence-electron chi connectivity index (χ0n) is 15.4. The number of thiocarbonyl (C=S) groups is 1. The van der Waals surface area contributed by atoms with Crippen LogP contribution in [-0.4, -0.2) is 24.2 Å². The third-order valence-electron chi connectivity index (χ3n) is 4.44. The Balaban J connectivity index is 1.95. The van der Waals surface area contributed by atoms with Crippen LogP contribution in [0.4, 0.5) is 5.00 Å². The standard InChI is InChI=1S/C19H30N2O2S2/c1-3-5-6-7-10-13-20-19(24)21-17-16(18(22)23-4-2)14-11-8-9-12-15(14)25-17/h3-13H2,1-2H3,(H2,20,21,24). The molecule has 2 rings (SSSR count). The van der Waals surface area contributed by atoms with Crippen LogP contribution in [0.1, 0.15) is 79.6 Å². The number of rotatable bonds is 9. The van der Waals surface area contributed by atoms with Gasteiger partial charge in [0.05, 0.1) is 12.2 Å². The maximum absolute atomic E-state index is 12.4. The van der Waals surface area contributed by atoms with Crippen molar-refractivity contribution in [2.24, 2.45) is 0 Å². The smallest absolute Gasteiger partial charge is 0.341 e. The van der Waals surface area contributed by atoms with Crippen LogP contribution in [0.5, 0.6) is 0 Å². The number of hydrogen-bond donors (Lipinski definition) is 2. The van der Waals surface area contributed by atoms with E-state index >= 15 is 0 Å². The largest absolute Gasteiger partial charge is 0.462 e. The number of aryl methyl sites for hydroxylation is 1. The van der Waals surface area contributed by atoms with Crippen LogP contribution in [0.2, 0.25) is 0 Å². The number of esters is 1. The van der Waals surface area contributed by atoms with Crippen LogP contribution in [0.15, 0.2) is 0 Å². The molecule has 0 saturated carbocycles. The van der Waals surface area contributed by atoms with E-state index in [2.05, 4.69) is 17.6 Å². The number of nitrogens with one attached hydrogen (secondary N) is 2. The normalized spacial score (nSPS) is 13.2. The van der Waals surface area contributed by atoms with E-state index < -0.39 is 0 Å². The van der Waals surface area contributed by atoms with E-state index in [0.717, 1.165) is 37.2 Å². The summed E-state index contributed by atoms with van der Waals surface area (Å²) in [7, 11) is 0. The minimum atomic E-state index is -0.230. The molecule has 25 heavy (non-hydrogen) atoms. The second-order valence-electron chi connectivity index (χ2n) is 6.43. The van der Waals surface area contributed by atoms with Gasteiger partial charge >= 0.3 is 5.97 Å². The Bertz CT molecular complexity index is 584. The van der Waals surface area contributed by atoms with Gasteiger partial charge in [0, 0.05) is 11.4 Å². The monoisotopic (exact) mass is 382 g/mol. The van der Waals surface area contributed by atoms with Crippen molar-refractivity contribution < 1.29 is 9.53 Å². The van der Waals surface area contributed by atoms with E-state index in [1.807, 2.05) is 6.92 Å². The summed E-state index contributed by atoms with van der Waals surface area (Å²) >= 11 is 7.08. The zero-order valence-corrected chi connectivity index (χ0v) is 17.0. The van der Waals surface area contributed by atoms with E-state index in [4.69, 9.17) is 17.0 Å². The van der Waals surface area contributed by atoms with E-state index in [0.29, 0.717) is 17.3 Å². The number of ether oxygens (including phenoxy) is 1. The summed E-state index contributed by atoms with van der Waals surface area (Å²) < 4.78 is 5.27. The number of unbranched alkanes of at least 4 members (excludes halogenated alkanes) is 4. The third kappa shape index (κ3) is 5.96. The Kier molecular flexibility index (Phi) is 8.68. The van der Waals surface area contributed by atoms with Crippen LogP contribution in [0.3, 0.4) is 0 Å². The van der Waals surface area contributed by atoms with Crippen LogP contribution >= 0.6 is 23.6 Å². The Labute approximate surface area is 160 Å². The molecule has 0 aliphatic heterocycles. The molecule has 0 radical (unpaired) electrons. The molecule has 1 aliphatic rings. The van der Waals surface area contributed by atoms with Crippen molar-refractivity contribution in [3.63, 3.8) is 0 Å². The molecule has 0 saturated heterocycles. The summed E-state index contributed by atoms with van der Waals surface area (Å²) in [5, 5.41) is 7.95. The topological polar surface area (TPSA) is 50.4 Å². The van der Waals surface area contributed by atoms with Gasteiger partial charge in [-0.2, -0.15) is 0 Å². The van der Waals surface area contributed by atoms with Crippen molar-refractivity contribution in [1.29, 1.82) is 0 Å². The van der Waals surface area contributed by atoms with Gasteiger partial charge in [0.2, 0.25) is 0 Å². The highest BCUT2D eigenvalue weighted by Crippen LogP contribution is 2.38. The predicted molar refractivity (Wildman–Crippen MR) is 110 cm³/mol. The lowest BCUT2D eigenvalue weighted by molar-refractivity contribution is 0.0526. The maximum Gasteiger partial charge on any atom is 0.341 e. The van der Waals surface area contributed by atoms with Crippen molar-refractivity contribution in [2.75, 3.05) is 18.5 Å². The van der Waals surface area contributed by atoms with Gasteiger partial charge < -0.3 is 15.4 Å². The summed E-state index contributed by atoms with van der Waals surface area (Å²) in [5.74, 6) is -0.230. The van der Waals surface area contributed by atoms with Crippen molar-refractivity contribution in [3.05, 3.63) is 16.0 Å². The molecule has 0 amide bonds. The molecule has 0 bridgehead atoms. The molecule has 4 nitrogen and oxygen atoms in total. The van der Waals surface area contributed by atoms with Crippen LogP contribution in [0.25, 0.3) is 0 Å². The summed E-state index contributed by atoms with van der Waals surface area (Å²) in [6.45, 7) is 5.33. The van der Waals surface area contributed by atoms with Gasteiger partial charge in [-0.3, -0.25) is 0 Å². The average Bonchev–Trinajstić information content (AvgIpc) is 2.96. The van der Waals surface area contributed by atoms with Crippen LogP contribution < -0.4 is 10.6 Å². The lowest BCUT2D eigenvalue weighted by Crippen LogP contribution is -2.29. The molecule has 140 valence electrons. The molecule has 1 heterocycles. The fourth-order valence-electron chi connectivity index (χ4n) is 3.15. The Morgan fingerprint density at radius 3 is 2.68 bits per heavy atom. The maximum atomic E-state index is 12.4. The number of thiophene rings is 1. The number of hydrogen-bond acceptors (Lipinski definition) is 4. The minimum Gasteiger partial charge on any atom is -0.462 e. The Morgan fingerprint density at radius 1 is 1.16 bits per heavy atom. The number of carbonyl (C=O) groups is 1. The second kappa shape index (κ2) is 10.8. The van der Waals surface area contributed by atoms with Gasteiger partial charge in [-0.1, -0.05) is 32.6 Å². The molecule has 0 aromatic carbocycles. The van der Waals surface area contributed by atoms with Crippen LogP contribution in [0, 0.1) is 0 Å². The summed E-state index contributed by atoms with van der Waals surface area (Å²) in [4.78, 5) is 13.7. The molecule has 1 aromatic heterocycles. The van der Waals surface area contributed by atoms with Crippen molar-refractivity contribution in [3.8, 4) is 0 Å². The molecule has 1 aromatic rings. The van der Waals surface area contributed by atoms with Gasteiger partial charge in [0.25, 0.3) is 0 Å². The van der Waals surface area contributed by atoms with Gasteiger partial charge in [0.15, 0.2) is 5.11 Å². The third-order valence-corrected chi connectivity index (χ3v) is 5.90. The number of anilines is 1. The SMILES string of the molecule is CCCCCCCNC(=S)Nc1sc2c(c1C(=O)OCC)CCCC2.